The van der Waals surface area contributed by atoms with Crippen LogP contribution >= 0.6 is 23.1 Å². The van der Waals surface area contributed by atoms with E-state index in [2.05, 4.69) is 17.6 Å². The molecule has 1 heterocycles. The zero-order valence-electron chi connectivity index (χ0n) is 12.3. The lowest BCUT2D eigenvalue weighted by molar-refractivity contribution is 0.0958. The molecule has 1 aromatic rings. The van der Waals surface area contributed by atoms with Crippen molar-refractivity contribution in [3.8, 4) is 0 Å². The van der Waals surface area contributed by atoms with Crippen LogP contribution in [0.3, 0.4) is 0 Å². The highest BCUT2D eigenvalue weighted by Gasteiger charge is 2.36. The molecule has 112 valence electrons. The van der Waals surface area contributed by atoms with Gasteiger partial charge in [-0.2, -0.15) is 0 Å². The lowest BCUT2D eigenvalue weighted by atomic mass is 10.3. The molecule has 0 saturated heterocycles. The molecular formula is C14H23N3OS2. The number of carbonyl (C=O) groups excluding carboxylic acids is 1. The molecule has 4 N–H and O–H groups in total. The normalized spacial score (nSPS) is 20.8. The van der Waals surface area contributed by atoms with Crippen molar-refractivity contribution in [3.63, 3.8) is 0 Å². The van der Waals surface area contributed by atoms with Crippen molar-refractivity contribution < 1.29 is 4.79 Å². The third-order valence-corrected chi connectivity index (χ3v) is 5.71. The summed E-state index contributed by atoms with van der Waals surface area (Å²) in [6, 6.07) is 0.551. The van der Waals surface area contributed by atoms with E-state index in [4.69, 9.17) is 5.73 Å². The van der Waals surface area contributed by atoms with E-state index in [0.29, 0.717) is 23.2 Å². The van der Waals surface area contributed by atoms with Gasteiger partial charge in [0.2, 0.25) is 0 Å². The van der Waals surface area contributed by atoms with Crippen LogP contribution in [0.15, 0.2) is 4.90 Å². The van der Waals surface area contributed by atoms with Crippen LogP contribution in [0.4, 0.5) is 10.7 Å². The molecule has 2 rings (SSSR count). The van der Waals surface area contributed by atoms with Crippen molar-refractivity contribution in [2.45, 2.75) is 44.0 Å². The van der Waals surface area contributed by atoms with E-state index in [1.165, 1.54) is 24.2 Å². The molecule has 2 atom stereocenters. The van der Waals surface area contributed by atoms with Crippen LogP contribution in [-0.2, 0) is 0 Å². The second-order valence-electron chi connectivity index (χ2n) is 5.12. The predicted octanol–water partition coefficient (Wildman–Crippen LogP) is 3.40. The Kier molecular flexibility index (Phi) is 5.21. The first-order valence-electron chi connectivity index (χ1n) is 7.13. The summed E-state index contributed by atoms with van der Waals surface area (Å²) in [5.74, 6) is 0.714. The first-order valence-corrected chi connectivity index (χ1v) is 9.17. The molecule has 20 heavy (non-hydrogen) atoms. The Morgan fingerprint density at radius 3 is 2.80 bits per heavy atom. The van der Waals surface area contributed by atoms with Gasteiger partial charge in [-0.25, -0.2) is 0 Å². The molecule has 4 nitrogen and oxygen atoms in total. The van der Waals surface area contributed by atoms with Gasteiger partial charge < -0.3 is 16.4 Å². The average molecular weight is 313 g/mol. The van der Waals surface area contributed by atoms with Crippen molar-refractivity contribution in [1.29, 1.82) is 0 Å². The van der Waals surface area contributed by atoms with Crippen LogP contribution in [0.5, 0.6) is 0 Å². The Morgan fingerprint density at radius 1 is 1.50 bits per heavy atom. The van der Waals surface area contributed by atoms with Gasteiger partial charge in [-0.05, 0) is 25.0 Å². The minimum atomic E-state index is -0.0551. The number of carbonyl (C=O) groups is 1. The molecule has 2 unspecified atom stereocenters. The summed E-state index contributed by atoms with van der Waals surface area (Å²) in [6.07, 6.45) is 5.36. The molecule has 1 aliphatic rings. The largest absolute Gasteiger partial charge is 0.396 e. The molecule has 1 fully saturated rings. The van der Waals surface area contributed by atoms with Crippen molar-refractivity contribution in [2.75, 3.05) is 23.9 Å². The average Bonchev–Trinajstić information content (AvgIpc) is 3.12. The Balaban J connectivity index is 2.14. The van der Waals surface area contributed by atoms with Gasteiger partial charge in [0.1, 0.15) is 9.88 Å². The topological polar surface area (TPSA) is 67.2 Å². The summed E-state index contributed by atoms with van der Waals surface area (Å²) in [6.45, 7) is 4.94. The Hall–Kier alpha value is -0.880. The first kappa shape index (κ1) is 15.5. The molecule has 0 spiro atoms. The van der Waals surface area contributed by atoms with Crippen LogP contribution in [-0.4, -0.2) is 24.7 Å². The zero-order chi connectivity index (χ0) is 14.7. The zero-order valence-corrected chi connectivity index (χ0v) is 13.9. The highest BCUT2D eigenvalue weighted by molar-refractivity contribution is 7.99. The van der Waals surface area contributed by atoms with Crippen LogP contribution in [0.25, 0.3) is 0 Å². The third-order valence-electron chi connectivity index (χ3n) is 3.61. The quantitative estimate of drug-likeness (QED) is 0.675. The predicted molar refractivity (Wildman–Crippen MR) is 88.9 cm³/mol. The maximum Gasteiger partial charge on any atom is 0.263 e. The fraction of sp³-hybridized carbons (Fsp3) is 0.643. The van der Waals surface area contributed by atoms with E-state index in [0.717, 1.165) is 22.2 Å². The van der Waals surface area contributed by atoms with E-state index in [-0.39, 0.29) is 5.91 Å². The Bertz CT molecular complexity index is 487. The number of thioether (sulfide) groups is 1. The van der Waals surface area contributed by atoms with Gasteiger partial charge in [0, 0.05) is 12.6 Å². The summed E-state index contributed by atoms with van der Waals surface area (Å²) in [5.41, 5.74) is 6.76. The highest BCUT2D eigenvalue weighted by Crippen LogP contribution is 2.45. The second-order valence-corrected chi connectivity index (χ2v) is 6.96. The van der Waals surface area contributed by atoms with Crippen LogP contribution < -0.4 is 16.4 Å². The summed E-state index contributed by atoms with van der Waals surface area (Å²) in [4.78, 5) is 13.8. The number of nitrogens with one attached hydrogen (secondary N) is 2. The molecule has 1 saturated carbocycles. The summed E-state index contributed by atoms with van der Waals surface area (Å²) in [5, 5.41) is 7.50. The lowest BCUT2D eigenvalue weighted by Crippen LogP contribution is -2.23. The van der Waals surface area contributed by atoms with Crippen molar-refractivity contribution >= 4 is 39.7 Å². The number of amides is 1. The lowest BCUT2D eigenvalue weighted by Gasteiger charge is -2.05. The van der Waals surface area contributed by atoms with Crippen molar-refractivity contribution in [3.05, 3.63) is 4.88 Å². The molecule has 1 aromatic heterocycles. The number of nitrogens with two attached hydrogens (primary N) is 1. The SMILES string of the molecule is CCCNC(=O)c1sc(NC2CC2CC)c(SC)c1N. The van der Waals surface area contributed by atoms with E-state index < -0.39 is 0 Å². The minimum Gasteiger partial charge on any atom is -0.396 e. The fourth-order valence-corrected chi connectivity index (χ4v) is 4.26. The third kappa shape index (κ3) is 3.23. The number of thiophene rings is 1. The van der Waals surface area contributed by atoms with E-state index in [9.17, 15) is 4.79 Å². The number of rotatable bonds is 7. The van der Waals surface area contributed by atoms with Crippen molar-refractivity contribution in [2.24, 2.45) is 5.92 Å². The molecule has 0 radical (unpaired) electrons. The summed E-state index contributed by atoms with van der Waals surface area (Å²) >= 11 is 3.09. The Labute approximate surface area is 128 Å². The smallest absolute Gasteiger partial charge is 0.263 e. The number of nitrogen functional groups attached to an aromatic ring is 1. The van der Waals surface area contributed by atoms with E-state index >= 15 is 0 Å². The molecule has 1 amide bonds. The van der Waals surface area contributed by atoms with Gasteiger partial charge in [0.25, 0.3) is 5.91 Å². The van der Waals surface area contributed by atoms with Gasteiger partial charge in [0.05, 0.1) is 10.6 Å². The van der Waals surface area contributed by atoms with Gasteiger partial charge in [-0.1, -0.05) is 20.3 Å². The highest BCUT2D eigenvalue weighted by atomic mass is 32.2. The van der Waals surface area contributed by atoms with E-state index in [1.54, 1.807) is 11.8 Å². The Morgan fingerprint density at radius 2 is 2.25 bits per heavy atom. The van der Waals surface area contributed by atoms with E-state index in [1.807, 2.05) is 13.2 Å². The standard InChI is InChI=1S/C14H23N3OS2/c1-4-6-16-13(18)11-10(15)12(19-3)14(20-11)17-9-7-8(9)5-2/h8-9,17H,4-7,15H2,1-3H3,(H,16,18). The molecule has 1 aliphatic carbocycles. The summed E-state index contributed by atoms with van der Waals surface area (Å²) in [7, 11) is 0. The molecular weight excluding hydrogens is 290 g/mol. The number of anilines is 2. The molecule has 0 aromatic carbocycles. The number of hydrogen-bond acceptors (Lipinski definition) is 5. The van der Waals surface area contributed by atoms with Gasteiger partial charge in [0.15, 0.2) is 0 Å². The number of hydrogen-bond donors (Lipinski definition) is 3. The monoisotopic (exact) mass is 313 g/mol. The molecule has 0 bridgehead atoms. The second kappa shape index (κ2) is 6.72. The van der Waals surface area contributed by atoms with Gasteiger partial charge in [-0.3, -0.25) is 4.79 Å². The molecule has 0 aliphatic heterocycles. The summed E-state index contributed by atoms with van der Waals surface area (Å²) < 4.78 is 0. The minimum absolute atomic E-state index is 0.0551. The first-order chi connectivity index (χ1) is 9.62. The van der Waals surface area contributed by atoms with Gasteiger partial charge >= 0.3 is 0 Å². The molecule has 6 heteroatoms. The van der Waals surface area contributed by atoms with Crippen LogP contribution in [0.1, 0.15) is 42.8 Å². The maximum absolute atomic E-state index is 12.1. The van der Waals surface area contributed by atoms with Crippen molar-refractivity contribution in [1.82, 2.24) is 5.32 Å². The van der Waals surface area contributed by atoms with Crippen LogP contribution in [0.2, 0.25) is 0 Å². The maximum atomic E-state index is 12.1. The van der Waals surface area contributed by atoms with Gasteiger partial charge in [-0.15, -0.1) is 23.1 Å². The fourth-order valence-electron chi connectivity index (χ4n) is 2.26. The van der Waals surface area contributed by atoms with Crippen LogP contribution in [0, 0.1) is 5.92 Å².